The Morgan fingerprint density at radius 3 is 2.69 bits per heavy atom. The van der Waals surface area contributed by atoms with E-state index in [1.165, 1.54) is 17.0 Å². The molecule has 26 heavy (non-hydrogen) atoms. The average molecular weight is 375 g/mol. The lowest BCUT2D eigenvalue weighted by Gasteiger charge is -2.29. The number of piperidine rings is 1. The molecule has 134 valence electrons. The third kappa shape index (κ3) is 2.47. The monoisotopic (exact) mass is 375 g/mol. The third-order valence-corrected chi connectivity index (χ3v) is 5.97. The minimum atomic E-state index is -3.95. The first kappa shape index (κ1) is 16.4. The number of carbonyl (C=O) groups is 3. The Hall–Kier alpha value is -3.08. The lowest BCUT2D eigenvalue weighted by atomic mass is 10.0. The van der Waals surface area contributed by atoms with Crippen LogP contribution in [0.5, 0.6) is 0 Å². The molecule has 1 fully saturated rings. The smallest absolute Gasteiger partial charge is 0.284 e. The number of nitrogens with zero attached hydrogens (tertiary/aromatic N) is 4. The lowest BCUT2D eigenvalue weighted by Crippen LogP contribution is -2.52. The van der Waals surface area contributed by atoms with Crippen LogP contribution in [0.15, 0.2) is 35.7 Å². The van der Waals surface area contributed by atoms with E-state index in [0.29, 0.717) is 9.65 Å². The van der Waals surface area contributed by atoms with E-state index in [2.05, 4.69) is 15.4 Å². The Labute approximate surface area is 147 Å². The van der Waals surface area contributed by atoms with E-state index in [-0.39, 0.29) is 35.8 Å². The summed E-state index contributed by atoms with van der Waals surface area (Å²) in [6.45, 7) is 0.185. The number of hydrogen-bond donors (Lipinski definition) is 1. The van der Waals surface area contributed by atoms with Gasteiger partial charge in [0.1, 0.15) is 18.7 Å². The zero-order valence-corrected chi connectivity index (χ0v) is 14.1. The number of hydrogen-bond acceptors (Lipinski definition) is 7. The molecule has 2 aliphatic rings. The molecule has 0 spiro atoms. The number of carbonyl (C=O) groups excluding carboxylic acids is 3. The topological polar surface area (TPSA) is 131 Å². The maximum Gasteiger partial charge on any atom is 0.284 e. The molecule has 1 atom stereocenters. The van der Waals surface area contributed by atoms with Crippen molar-refractivity contribution >= 4 is 27.7 Å². The van der Waals surface area contributed by atoms with Gasteiger partial charge in [-0.1, -0.05) is 6.07 Å². The first-order valence-corrected chi connectivity index (χ1v) is 9.20. The summed E-state index contributed by atoms with van der Waals surface area (Å²) in [6.07, 6.45) is 2.55. The van der Waals surface area contributed by atoms with E-state index in [4.69, 9.17) is 0 Å². The van der Waals surface area contributed by atoms with E-state index in [0.717, 1.165) is 12.7 Å². The Kier molecular flexibility index (Phi) is 3.61. The van der Waals surface area contributed by atoms with Crippen LogP contribution < -0.4 is 5.32 Å². The van der Waals surface area contributed by atoms with Gasteiger partial charge < -0.3 is 4.90 Å². The maximum absolute atomic E-state index is 12.7. The van der Waals surface area contributed by atoms with Gasteiger partial charge in [-0.2, -0.15) is 8.42 Å². The highest BCUT2D eigenvalue weighted by Gasteiger charge is 2.39. The van der Waals surface area contributed by atoms with Crippen molar-refractivity contribution in [2.45, 2.75) is 30.3 Å². The highest BCUT2D eigenvalue weighted by Crippen LogP contribution is 2.29. The van der Waals surface area contributed by atoms with Crippen molar-refractivity contribution in [3.8, 4) is 0 Å². The van der Waals surface area contributed by atoms with Gasteiger partial charge in [0.05, 0.1) is 4.90 Å². The van der Waals surface area contributed by atoms with E-state index >= 15 is 0 Å². The number of amides is 3. The number of imide groups is 1. The predicted molar refractivity (Wildman–Crippen MR) is 85.1 cm³/mol. The molecule has 1 aromatic heterocycles. The van der Waals surface area contributed by atoms with Gasteiger partial charge in [0.2, 0.25) is 11.8 Å². The average Bonchev–Trinajstić information content (AvgIpc) is 3.24. The maximum atomic E-state index is 12.7. The molecule has 1 unspecified atom stereocenters. The molecule has 11 heteroatoms. The summed E-state index contributed by atoms with van der Waals surface area (Å²) in [5, 5.41) is 5.84. The van der Waals surface area contributed by atoms with Gasteiger partial charge in [0.25, 0.3) is 15.9 Å². The zero-order valence-electron chi connectivity index (χ0n) is 13.3. The number of rotatable bonds is 3. The fraction of sp³-hybridized carbons (Fsp3) is 0.267. The van der Waals surface area contributed by atoms with Crippen molar-refractivity contribution in [2.75, 3.05) is 0 Å². The summed E-state index contributed by atoms with van der Waals surface area (Å²) in [5.41, 5.74) is 0.841. The lowest BCUT2D eigenvalue weighted by molar-refractivity contribution is -0.136. The van der Waals surface area contributed by atoms with Crippen LogP contribution in [0, 0.1) is 0 Å². The van der Waals surface area contributed by atoms with E-state index in [1.54, 1.807) is 6.07 Å². The Morgan fingerprint density at radius 2 is 2.00 bits per heavy atom. The quantitative estimate of drug-likeness (QED) is 0.700. The number of benzene rings is 1. The minimum Gasteiger partial charge on any atom is -0.322 e. The largest absolute Gasteiger partial charge is 0.322 e. The van der Waals surface area contributed by atoms with Crippen molar-refractivity contribution in [3.63, 3.8) is 0 Å². The summed E-state index contributed by atoms with van der Waals surface area (Å²) in [4.78, 5) is 40.9. The fourth-order valence-corrected chi connectivity index (χ4v) is 4.19. The van der Waals surface area contributed by atoms with Crippen LogP contribution in [0.3, 0.4) is 0 Å². The van der Waals surface area contributed by atoms with Crippen LogP contribution in [0.1, 0.15) is 28.8 Å². The number of aromatic nitrogens is 3. The summed E-state index contributed by atoms with van der Waals surface area (Å²) >= 11 is 0. The van der Waals surface area contributed by atoms with Crippen LogP contribution in [-0.4, -0.2) is 51.3 Å². The number of nitrogens with one attached hydrogen (secondary N) is 1. The molecular formula is C15H13N5O5S. The van der Waals surface area contributed by atoms with Gasteiger partial charge in [-0.15, -0.1) is 9.19 Å². The van der Waals surface area contributed by atoms with Crippen LogP contribution >= 0.6 is 0 Å². The Morgan fingerprint density at radius 1 is 1.19 bits per heavy atom. The first-order valence-electron chi connectivity index (χ1n) is 7.76. The molecular weight excluding hydrogens is 362 g/mol. The van der Waals surface area contributed by atoms with E-state index < -0.39 is 27.9 Å². The molecule has 3 amide bonds. The molecule has 3 heterocycles. The first-order chi connectivity index (χ1) is 12.4. The van der Waals surface area contributed by atoms with E-state index in [9.17, 15) is 22.8 Å². The predicted octanol–water partition coefficient (Wildman–Crippen LogP) is -0.724. The summed E-state index contributed by atoms with van der Waals surface area (Å²) in [6, 6.07) is 3.46. The highest BCUT2D eigenvalue weighted by atomic mass is 32.2. The van der Waals surface area contributed by atoms with Crippen molar-refractivity contribution in [3.05, 3.63) is 42.0 Å². The second-order valence-corrected chi connectivity index (χ2v) is 7.79. The van der Waals surface area contributed by atoms with Gasteiger partial charge >= 0.3 is 0 Å². The molecule has 0 aliphatic carbocycles. The molecule has 0 radical (unpaired) electrons. The van der Waals surface area contributed by atoms with Crippen LogP contribution in [0.4, 0.5) is 0 Å². The highest BCUT2D eigenvalue weighted by molar-refractivity contribution is 7.89. The molecule has 0 saturated carbocycles. The third-order valence-electron chi connectivity index (χ3n) is 4.44. The van der Waals surface area contributed by atoms with Crippen molar-refractivity contribution in [2.24, 2.45) is 0 Å². The molecule has 2 aromatic rings. The molecule has 1 saturated heterocycles. The Bertz CT molecular complexity index is 1030. The second kappa shape index (κ2) is 5.73. The van der Waals surface area contributed by atoms with E-state index in [1.807, 2.05) is 0 Å². The van der Waals surface area contributed by atoms with Crippen LogP contribution in [0.25, 0.3) is 0 Å². The molecule has 1 N–H and O–H groups in total. The molecule has 4 rings (SSSR count). The Balaban J connectivity index is 1.66. The second-order valence-electron chi connectivity index (χ2n) is 5.99. The normalized spacial score (nSPS) is 20.2. The van der Waals surface area contributed by atoms with Gasteiger partial charge in [-0.3, -0.25) is 19.7 Å². The van der Waals surface area contributed by atoms with Crippen molar-refractivity contribution < 1.29 is 22.8 Å². The molecule has 10 nitrogen and oxygen atoms in total. The molecule has 1 aromatic carbocycles. The summed E-state index contributed by atoms with van der Waals surface area (Å²) < 4.78 is 25.7. The zero-order chi connectivity index (χ0) is 18.5. The fourth-order valence-electron chi connectivity index (χ4n) is 3.12. The van der Waals surface area contributed by atoms with Crippen LogP contribution in [0.2, 0.25) is 0 Å². The molecule has 2 aliphatic heterocycles. The van der Waals surface area contributed by atoms with Gasteiger partial charge in [-0.05, 0) is 24.1 Å². The number of fused-ring (bicyclic) bond motifs is 1. The SMILES string of the molecule is O=C1CCC(N2Cc3ccc(S(=O)(=O)n4cncn4)cc3C2=O)C(=O)N1. The summed E-state index contributed by atoms with van der Waals surface area (Å²) in [7, 11) is -3.95. The van der Waals surface area contributed by atoms with Gasteiger partial charge in [-0.25, -0.2) is 4.98 Å². The molecule has 0 bridgehead atoms. The standard InChI is InChI=1S/C15H13N5O5S/c21-13-4-3-12(14(22)18-13)19-6-9-1-2-10(5-11(9)15(19)23)26(24,25)20-8-16-7-17-20/h1-2,5,7-8,12H,3-4,6H2,(H,18,21,22). The van der Waals surface area contributed by atoms with Crippen molar-refractivity contribution in [1.82, 2.24) is 24.4 Å². The van der Waals surface area contributed by atoms with Crippen LogP contribution in [-0.2, 0) is 26.2 Å². The van der Waals surface area contributed by atoms with Gasteiger partial charge in [0, 0.05) is 18.5 Å². The van der Waals surface area contributed by atoms with Crippen molar-refractivity contribution in [1.29, 1.82) is 0 Å². The summed E-state index contributed by atoms with van der Waals surface area (Å²) in [5.74, 6) is -1.32. The minimum absolute atomic E-state index is 0.0970. The van der Waals surface area contributed by atoms with Gasteiger partial charge in [0.15, 0.2) is 0 Å².